The van der Waals surface area contributed by atoms with Crippen LogP contribution in [0.3, 0.4) is 0 Å². The van der Waals surface area contributed by atoms with Gasteiger partial charge in [0.05, 0.1) is 24.5 Å². The van der Waals surface area contributed by atoms with Crippen LogP contribution in [0.1, 0.15) is 24.2 Å². The molecule has 0 spiro atoms. The molecule has 0 atom stereocenters. The van der Waals surface area contributed by atoms with Crippen molar-refractivity contribution in [1.29, 1.82) is 0 Å². The molecular weight excluding hydrogens is 436 g/mol. The molecule has 34 heavy (non-hydrogen) atoms. The molecule has 2 heterocycles. The van der Waals surface area contributed by atoms with Crippen molar-refractivity contribution in [3.63, 3.8) is 0 Å². The van der Waals surface area contributed by atoms with Crippen molar-refractivity contribution in [3.8, 4) is 17.0 Å². The van der Waals surface area contributed by atoms with Crippen LogP contribution in [0.15, 0.2) is 71.8 Å². The van der Waals surface area contributed by atoms with Crippen LogP contribution in [-0.4, -0.2) is 39.3 Å². The van der Waals surface area contributed by atoms with Gasteiger partial charge in [-0.05, 0) is 62.4 Å². The maximum atomic E-state index is 13.0. The normalized spacial score (nSPS) is 10.8. The van der Waals surface area contributed by atoms with Crippen molar-refractivity contribution in [2.24, 2.45) is 0 Å². The average molecular weight is 460 g/mol. The largest absolute Gasteiger partial charge is 0.494 e. The number of hydrogen-bond acceptors (Lipinski definition) is 6. The summed E-state index contributed by atoms with van der Waals surface area (Å²) in [4.78, 5) is 37.4. The second kappa shape index (κ2) is 10.0. The molecule has 2 aromatic carbocycles. The van der Waals surface area contributed by atoms with E-state index in [0.29, 0.717) is 29.1 Å². The van der Waals surface area contributed by atoms with Crippen LogP contribution >= 0.6 is 0 Å². The SMILES string of the molecule is CCOC(=O)c1cccc(NC(=O)Cn2ccn3nc(-c4ccc(OCC)cc4)cc3c2=O)c1. The Hall–Kier alpha value is -4.40. The molecule has 0 fully saturated rings. The van der Waals surface area contributed by atoms with Gasteiger partial charge in [-0.3, -0.25) is 9.59 Å². The van der Waals surface area contributed by atoms with E-state index >= 15 is 0 Å². The van der Waals surface area contributed by atoms with Crippen LogP contribution in [0.5, 0.6) is 5.75 Å². The van der Waals surface area contributed by atoms with Gasteiger partial charge < -0.3 is 19.4 Å². The minimum absolute atomic E-state index is 0.192. The van der Waals surface area contributed by atoms with Crippen molar-refractivity contribution in [3.05, 3.63) is 82.9 Å². The molecule has 9 heteroatoms. The lowest BCUT2D eigenvalue weighted by atomic mass is 10.1. The molecule has 4 rings (SSSR count). The van der Waals surface area contributed by atoms with Crippen LogP contribution in [0.2, 0.25) is 0 Å². The minimum atomic E-state index is -0.468. The van der Waals surface area contributed by atoms with Crippen molar-refractivity contribution in [1.82, 2.24) is 14.2 Å². The summed E-state index contributed by atoms with van der Waals surface area (Å²) in [6, 6.07) is 15.6. The number of carbonyl (C=O) groups is 2. The number of amides is 1. The molecule has 0 radical (unpaired) electrons. The third-order valence-electron chi connectivity index (χ3n) is 5.04. The molecule has 9 nitrogen and oxygen atoms in total. The number of benzene rings is 2. The highest BCUT2D eigenvalue weighted by Crippen LogP contribution is 2.22. The smallest absolute Gasteiger partial charge is 0.338 e. The summed E-state index contributed by atoms with van der Waals surface area (Å²) in [5.74, 6) is -0.112. The van der Waals surface area contributed by atoms with Crippen LogP contribution in [0.4, 0.5) is 5.69 Å². The van der Waals surface area contributed by atoms with Crippen LogP contribution in [0.25, 0.3) is 16.8 Å². The number of carbonyl (C=O) groups excluding carboxylic acids is 2. The van der Waals surface area contributed by atoms with Crippen LogP contribution in [0, 0.1) is 0 Å². The van der Waals surface area contributed by atoms with Gasteiger partial charge in [-0.1, -0.05) is 6.07 Å². The molecule has 4 aromatic rings. The Labute approximate surface area is 195 Å². The summed E-state index contributed by atoms with van der Waals surface area (Å²) >= 11 is 0. The first kappa shape index (κ1) is 22.8. The number of anilines is 1. The van der Waals surface area contributed by atoms with E-state index in [0.717, 1.165) is 11.3 Å². The molecule has 0 aliphatic rings. The highest BCUT2D eigenvalue weighted by atomic mass is 16.5. The molecule has 1 amide bonds. The Morgan fingerprint density at radius 2 is 1.79 bits per heavy atom. The van der Waals surface area contributed by atoms with Gasteiger partial charge in [0.15, 0.2) is 0 Å². The molecule has 0 saturated heterocycles. The van der Waals surface area contributed by atoms with E-state index in [2.05, 4.69) is 10.4 Å². The summed E-state index contributed by atoms with van der Waals surface area (Å²) in [6.45, 7) is 4.29. The lowest BCUT2D eigenvalue weighted by Gasteiger charge is -2.09. The first-order valence-electron chi connectivity index (χ1n) is 10.9. The molecule has 0 aliphatic carbocycles. The van der Waals surface area contributed by atoms with Gasteiger partial charge in [-0.2, -0.15) is 5.10 Å². The molecule has 0 unspecified atom stereocenters. The molecule has 2 aromatic heterocycles. The number of nitrogens with one attached hydrogen (secondary N) is 1. The number of nitrogens with zero attached hydrogens (tertiary/aromatic N) is 3. The lowest BCUT2D eigenvalue weighted by Crippen LogP contribution is -2.28. The topological polar surface area (TPSA) is 104 Å². The van der Waals surface area contributed by atoms with Crippen LogP contribution < -0.4 is 15.6 Å². The second-order valence-electron chi connectivity index (χ2n) is 7.40. The number of esters is 1. The van der Waals surface area contributed by atoms with Gasteiger partial charge in [0, 0.05) is 23.6 Å². The summed E-state index contributed by atoms with van der Waals surface area (Å²) in [6.07, 6.45) is 3.14. The number of rotatable bonds is 8. The third-order valence-corrected chi connectivity index (χ3v) is 5.04. The highest BCUT2D eigenvalue weighted by Gasteiger charge is 2.13. The van der Waals surface area contributed by atoms with Crippen molar-refractivity contribution < 1.29 is 19.1 Å². The first-order valence-corrected chi connectivity index (χ1v) is 10.9. The highest BCUT2D eigenvalue weighted by molar-refractivity contribution is 5.94. The Morgan fingerprint density at radius 1 is 1.00 bits per heavy atom. The molecule has 0 bridgehead atoms. The van der Waals surface area contributed by atoms with E-state index in [4.69, 9.17) is 9.47 Å². The fourth-order valence-corrected chi connectivity index (χ4v) is 3.47. The summed E-state index contributed by atoms with van der Waals surface area (Å²) in [5.41, 5.74) is 2.26. The monoisotopic (exact) mass is 460 g/mol. The minimum Gasteiger partial charge on any atom is -0.494 e. The number of aromatic nitrogens is 3. The van der Waals surface area contributed by atoms with E-state index in [9.17, 15) is 14.4 Å². The van der Waals surface area contributed by atoms with E-state index in [1.54, 1.807) is 37.4 Å². The van der Waals surface area contributed by atoms with Crippen molar-refractivity contribution in [2.75, 3.05) is 18.5 Å². The first-order chi connectivity index (χ1) is 16.5. The van der Waals surface area contributed by atoms with Crippen molar-refractivity contribution in [2.45, 2.75) is 20.4 Å². The molecule has 174 valence electrons. The summed E-state index contributed by atoms with van der Waals surface area (Å²) < 4.78 is 13.2. The zero-order valence-corrected chi connectivity index (χ0v) is 18.9. The predicted octanol–water partition coefficient (Wildman–Crippen LogP) is 3.38. The molecule has 0 saturated carbocycles. The maximum Gasteiger partial charge on any atom is 0.338 e. The number of fused-ring (bicyclic) bond motifs is 1. The fraction of sp³-hybridized carbons (Fsp3) is 0.200. The van der Waals surface area contributed by atoms with Gasteiger partial charge in [0.2, 0.25) is 5.91 Å². The molecule has 0 aliphatic heterocycles. The Kier molecular flexibility index (Phi) is 6.72. The number of ether oxygens (including phenoxy) is 2. The van der Waals surface area contributed by atoms with Gasteiger partial charge in [0.1, 0.15) is 17.8 Å². The quantitative estimate of drug-likeness (QED) is 0.404. The average Bonchev–Trinajstić information content (AvgIpc) is 3.27. The fourth-order valence-electron chi connectivity index (χ4n) is 3.47. The Balaban J connectivity index is 1.51. The van der Waals surface area contributed by atoms with E-state index in [1.165, 1.54) is 21.3 Å². The van der Waals surface area contributed by atoms with Gasteiger partial charge in [-0.25, -0.2) is 9.31 Å². The van der Waals surface area contributed by atoms with Crippen molar-refractivity contribution >= 4 is 23.1 Å². The van der Waals surface area contributed by atoms with Gasteiger partial charge >= 0.3 is 5.97 Å². The number of hydrogen-bond donors (Lipinski definition) is 1. The Morgan fingerprint density at radius 3 is 2.53 bits per heavy atom. The van der Waals surface area contributed by atoms with Crippen LogP contribution in [-0.2, 0) is 16.1 Å². The summed E-state index contributed by atoms with van der Waals surface area (Å²) in [5, 5.41) is 7.18. The summed E-state index contributed by atoms with van der Waals surface area (Å²) in [7, 11) is 0. The predicted molar refractivity (Wildman–Crippen MR) is 127 cm³/mol. The molecular formula is C25H24N4O5. The Bertz CT molecular complexity index is 1390. The zero-order valence-electron chi connectivity index (χ0n) is 18.9. The molecule has 1 N–H and O–H groups in total. The maximum absolute atomic E-state index is 13.0. The standard InChI is InChI=1S/C25H24N4O5/c1-3-33-20-10-8-17(9-11-20)21-15-22-24(31)28(12-13-29(22)27-21)16-23(30)26-19-7-5-6-18(14-19)25(32)34-4-2/h5-15H,3-4,16H2,1-2H3,(H,26,30). The second-order valence-corrected chi connectivity index (χ2v) is 7.40. The van der Waals surface area contributed by atoms with Gasteiger partial charge in [0.25, 0.3) is 5.56 Å². The lowest BCUT2D eigenvalue weighted by molar-refractivity contribution is -0.116. The third kappa shape index (κ3) is 4.98. The van der Waals surface area contributed by atoms with E-state index in [1.807, 2.05) is 31.2 Å². The van der Waals surface area contributed by atoms with E-state index < -0.39 is 11.9 Å². The van der Waals surface area contributed by atoms with Gasteiger partial charge in [-0.15, -0.1) is 0 Å². The van der Waals surface area contributed by atoms with E-state index in [-0.39, 0.29) is 18.7 Å². The zero-order chi connectivity index (χ0) is 24.1.